The van der Waals surface area contributed by atoms with E-state index in [0.717, 1.165) is 15.8 Å². The smallest absolute Gasteiger partial charge is 0.252 e. The second kappa shape index (κ2) is 6.02. The zero-order valence-electron chi connectivity index (χ0n) is 11.7. The summed E-state index contributed by atoms with van der Waals surface area (Å²) in [6.07, 6.45) is 0.141. The number of aromatic nitrogens is 1. The van der Waals surface area contributed by atoms with Crippen LogP contribution in [0.5, 0.6) is 0 Å². The maximum atomic E-state index is 12.9. The molecule has 3 aromatic rings. The lowest BCUT2D eigenvalue weighted by atomic mass is 10.1. The Labute approximate surface area is 135 Å². The molecule has 6 heteroatoms. The van der Waals surface area contributed by atoms with Gasteiger partial charge in [-0.15, -0.1) is 0 Å². The molecule has 3 nitrogen and oxygen atoms in total. The molecular formula is C16H12ClFN2OS. The van der Waals surface area contributed by atoms with Crippen LogP contribution in [0.3, 0.4) is 0 Å². The Morgan fingerprint density at radius 1 is 1.27 bits per heavy atom. The third-order valence-electron chi connectivity index (χ3n) is 3.26. The van der Waals surface area contributed by atoms with E-state index in [9.17, 15) is 9.18 Å². The zero-order chi connectivity index (χ0) is 15.7. The number of carbonyl (C=O) groups is 1. The number of hydrogen-bond acceptors (Lipinski definition) is 2. The van der Waals surface area contributed by atoms with Crippen LogP contribution in [0, 0.1) is 5.82 Å². The summed E-state index contributed by atoms with van der Waals surface area (Å²) in [5.41, 5.74) is 1.60. The van der Waals surface area contributed by atoms with E-state index in [2.05, 4.69) is 4.99 Å². The molecule has 1 heterocycles. The summed E-state index contributed by atoms with van der Waals surface area (Å²) in [6.45, 7) is 0. The van der Waals surface area contributed by atoms with Gasteiger partial charge >= 0.3 is 0 Å². The first-order chi connectivity index (χ1) is 10.5. The fourth-order valence-corrected chi connectivity index (χ4v) is 3.61. The molecule has 1 amide bonds. The Hall–Kier alpha value is -1.98. The number of carbonyl (C=O) groups excluding carboxylic acids is 1. The predicted octanol–water partition coefficient (Wildman–Crippen LogP) is 3.70. The predicted molar refractivity (Wildman–Crippen MR) is 86.5 cm³/mol. The van der Waals surface area contributed by atoms with Gasteiger partial charge in [-0.2, -0.15) is 4.99 Å². The van der Waals surface area contributed by atoms with E-state index in [1.54, 1.807) is 18.2 Å². The van der Waals surface area contributed by atoms with Crippen LogP contribution in [-0.2, 0) is 18.3 Å². The van der Waals surface area contributed by atoms with E-state index in [1.165, 1.54) is 23.5 Å². The molecule has 112 valence electrons. The Bertz CT molecular complexity index is 912. The summed E-state index contributed by atoms with van der Waals surface area (Å²) < 4.78 is 15.6. The minimum absolute atomic E-state index is 0.141. The van der Waals surface area contributed by atoms with Gasteiger partial charge in [-0.05, 0) is 29.8 Å². The van der Waals surface area contributed by atoms with Crippen LogP contribution >= 0.6 is 22.9 Å². The van der Waals surface area contributed by atoms with Crippen molar-refractivity contribution in [3.05, 3.63) is 63.7 Å². The van der Waals surface area contributed by atoms with E-state index >= 15 is 0 Å². The standard InChI is InChI=1S/C16H12ClFN2OS/c1-20-15-12(17)3-2-4-13(15)22-16(20)19-14(21)9-10-5-7-11(18)8-6-10/h2-8H,9H2,1H3. The van der Waals surface area contributed by atoms with Crippen molar-refractivity contribution in [2.45, 2.75) is 6.42 Å². The highest BCUT2D eigenvalue weighted by molar-refractivity contribution is 7.16. The van der Waals surface area contributed by atoms with Crippen molar-refractivity contribution in [1.82, 2.24) is 4.57 Å². The average molecular weight is 335 g/mol. The van der Waals surface area contributed by atoms with Crippen LogP contribution in [0.25, 0.3) is 10.2 Å². The van der Waals surface area contributed by atoms with Gasteiger partial charge in [0.15, 0.2) is 4.80 Å². The van der Waals surface area contributed by atoms with Crippen molar-refractivity contribution in [2.24, 2.45) is 12.0 Å². The fraction of sp³-hybridized carbons (Fsp3) is 0.125. The third-order valence-corrected chi connectivity index (χ3v) is 4.66. The Kier molecular flexibility index (Phi) is 4.09. The van der Waals surface area contributed by atoms with Crippen LogP contribution < -0.4 is 4.80 Å². The topological polar surface area (TPSA) is 34.4 Å². The molecule has 0 unspecified atom stereocenters. The van der Waals surface area contributed by atoms with Crippen molar-refractivity contribution >= 4 is 39.1 Å². The van der Waals surface area contributed by atoms with E-state index in [1.807, 2.05) is 23.7 Å². The Balaban J connectivity index is 1.94. The zero-order valence-corrected chi connectivity index (χ0v) is 13.3. The highest BCUT2D eigenvalue weighted by Gasteiger charge is 2.08. The number of thiazole rings is 1. The van der Waals surface area contributed by atoms with E-state index in [4.69, 9.17) is 11.6 Å². The number of para-hydroxylation sites is 1. The van der Waals surface area contributed by atoms with Crippen LogP contribution in [-0.4, -0.2) is 10.5 Å². The number of nitrogens with zero attached hydrogens (tertiary/aromatic N) is 2. The summed E-state index contributed by atoms with van der Waals surface area (Å²) in [4.78, 5) is 16.8. The molecule has 0 radical (unpaired) electrons. The molecule has 1 aromatic heterocycles. The molecule has 0 bridgehead atoms. The van der Waals surface area contributed by atoms with Gasteiger partial charge in [-0.25, -0.2) is 4.39 Å². The van der Waals surface area contributed by atoms with Gasteiger partial charge in [0, 0.05) is 7.05 Å². The molecule has 0 aliphatic carbocycles. The Morgan fingerprint density at radius 2 is 2.00 bits per heavy atom. The van der Waals surface area contributed by atoms with E-state index < -0.39 is 0 Å². The molecule has 3 rings (SSSR count). The minimum Gasteiger partial charge on any atom is -0.318 e. The first-order valence-electron chi connectivity index (χ1n) is 6.60. The normalized spacial score (nSPS) is 12.0. The van der Waals surface area contributed by atoms with Gasteiger partial charge in [0.25, 0.3) is 5.91 Å². The molecule has 0 atom stereocenters. The van der Waals surface area contributed by atoms with E-state index in [-0.39, 0.29) is 18.1 Å². The monoisotopic (exact) mass is 334 g/mol. The van der Waals surface area contributed by atoms with Gasteiger partial charge in [0.1, 0.15) is 5.82 Å². The molecule has 0 spiro atoms. The molecule has 0 saturated heterocycles. The van der Waals surface area contributed by atoms with Crippen molar-refractivity contribution in [2.75, 3.05) is 0 Å². The van der Waals surface area contributed by atoms with Crippen molar-refractivity contribution in [1.29, 1.82) is 0 Å². The summed E-state index contributed by atoms with van der Waals surface area (Å²) in [5.74, 6) is -0.594. The first kappa shape index (κ1) is 14.9. The maximum absolute atomic E-state index is 12.9. The van der Waals surface area contributed by atoms with Gasteiger partial charge in [-0.1, -0.05) is 41.1 Å². The first-order valence-corrected chi connectivity index (χ1v) is 7.80. The highest BCUT2D eigenvalue weighted by Crippen LogP contribution is 2.24. The second-order valence-electron chi connectivity index (χ2n) is 4.84. The third kappa shape index (κ3) is 2.96. The van der Waals surface area contributed by atoms with Crippen LogP contribution in [0.15, 0.2) is 47.5 Å². The lowest BCUT2D eigenvalue weighted by Gasteiger charge is -1.98. The van der Waals surface area contributed by atoms with Crippen molar-refractivity contribution < 1.29 is 9.18 Å². The molecule has 22 heavy (non-hydrogen) atoms. The number of halogens is 2. The van der Waals surface area contributed by atoms with E-state index in [0.29, 0.717) is 9.82 Å². The summed E-state index contributed by atoms with van der Waals surface area (Å²) in [6, 6.07) is 11.5. The van der Waals surface area contributed by atoms with Gasteiger partial charge < -0.3 is 4.57 Å². The summed E-state index contributed by atoms with van der Waals surface area (Å²) in [7, 11) is 1.83. The number of aryl methyl sites for hydroxylation is 1. The molecule has 0 aliphatic rings. The van der Waals surface area contributed by atoms with Gasteiger partial charge in [0.05, 0.1) is 21.7 Å². The van der Waals surface area contributed by atoms with Crippen molar-refractivity contribution in [3.8, 4) is 0 Å². The number of rotatable bonds is 2. The van der Waals surface area contributed by atoms with Crippen LogP contribution in [0.2, 0.25) is 5.02 Å². The number of hydrogen-bond donors (Lipinski definition) is 0. The lowest BCUT2D eigenvalue weighted by molar-refractivity contribution is -0.117. The van der Waals surface area contributed by atoms with Gasteiger partial charge in [-0.3, -0.25) is 4.79 Å². The molecular weight excluding hydrogens is 323 g/mol. The molecule has 0 N–H and O–H groups in total. The quantitative estimate of drug-likeness (QED) is 0.703. The largest absolute Gasteiger partial charge is 0.318 e. The highest BCUT2D eigenvalue weighted by atomic mass is 35.5. The summed E-state index contributed by atoms with van der Waals surface area (Å²) in [5, 5.41) is 0.628. The number of fused-ring (bicyclic) bond motifs is 1. The Morgan fingerprint density at radius 3 is 2.68 bits per heavy atom. The fourth-order valence-electron chi connectivity index (χ4n) is 2.19. The molecule has 2 aromatic carbocycles. The number of amides is 1. The molecule has 0 fully saturated rings. The lowest BCUT2D eigenvalue weighted by Crippen LogP contribution is -2.14. The average Bonchev–Trinajstić information content (AvgIpc) is 2.79. The molecule has 0 aliphatic heterocycles. The minimum atomic E-state index is -0.321. The second-order valence-corrected chi connectivity index (χ2v) is 6.26. The van der Waals surface area contributed by atoms with Crippen LogP contribution in [0.4, 0.5) is 4.39 Å². The maximum Gasteiger partial charge on any atom is 0.252 e. The van der Waals surface area contributed by atoms with Crippen LogP contribution in [0.1, 0.15) is 5.56 Å². The molecule has 0 saturated carbocycles. The SMILES string of the molecule is Cn1c(=NC(=O)Cc2ccc(F)cc2)sc2cccc(Cl)c21. The van der Waals surface area contributed by atoms with Crippen molar-refractivity contribution in [3.63, 3.8) is 0 Å². The number of benzene rings is 2. The summed E-state index contributed by atoms with van der Waals surface area (Å²) >= 11 is 7.59. The van der Waals surface area contributed by atoms with Gasteiger partial charge in [0.2, 0.25) is 0 Å².